The third-order valence-electron chi connectivity index (χ3n) is 2.87. The SMILES string of the molecule is CCCCCCCCCCNC(=O)NNC(=O)OCC. The lowest BCUT2D eigenvalue weighted by atomic mass is 10.1. The van der Waals surface area contributed by atoms with Crippen molar-refractivity contribution in [1.82, 2.24) is 16.2 Å². The van der Waals surface area contributed by atoms with Gasteiger partial charge in [0.05, 0.1) is 6.61 Å². The van der Waals surface area contributed by atoms with Crippen molar-refractivity contribution in [2.75, 3.05) is 13.2 Å². The summed E-state index contributed by atoms with van der Waals surface area (Å²) in [6, 6.07) is -0.416. The van der Waals surface area contributed by atoms with Crippen LogP contribution < -0.4 is 16.2 Å². The molecule has 3 amide bonds. The van der Waals surface area contributed by atoms with Gasteiger partial charge in [0, 0.05) is 6.54 Å². The van der Waals surface area contributed by atoms with Crippen molar-refractivity contribution in [2.45, 2.75) is 65.2 Å². The minimum atomic E-state index is -0.658. The first-order valence-electron chi connectivity index (χ1n) is 7.67. The minimum Gasteiger partial charge on any atom is -0.449 e. The number of amides is 3. The van der Waals surface area contributed by atoms with E-state index in [0.29, 0.717) is 6.54 Å². The summed E-state index contributed by atoms with van der Waals surface area (Å²) in [5, 5.41) is 2.67. The van der Waals surface area contributed by atoms with E-state index in [1.165, 1.54) is 38.5 Å². The monoisotopic (exact) mass is 287 g/mol. The Morgan fingerprint density at radius 3 is 2.05 bits per heavy atom. The Morgan fingerprint density at radius 1 is 0.850 bits per heavy atom. The molecule has 118 valence electrons. The fourth-order valence-electron chi connectivity index (χ4n) is 1.78. The molecule has 0 aromatic rings. The predicted molar refractivity (Wildman–Crippen MR) is 79.3 cm³/mol. The Kier molecular flexibility index (Phi) is 12.9. The molecule has 0 spiro atoms. The number of carbonyl (C=O) groups is 2. The second-order valence-corrected chi connectivity index (χ2v) is 4.70. The summed E-state index contributed by atoms with van der Waals surface area (Å²) in [5.41, 5.74) is 4.36. The first kappa shape index (κ1) is 18.5. The summed E-state index contributed by atoms with van der Waals surface area (Å²) in [7, 11) is 0. The molecule has 0 aliphatic carbocycles. The number of nitrogens with one attached hydrogen (secondary N) is 3. The van der Waals surface area contributed by atoms with Crippen molar-refractivity contribution in [1.29, 1.82) is 0 Å². The molecule has 0 heterocycles. The Balaban J connectivity index is 3.25. The smallest absolute Gasteiger partial charge is 0.426 e. The number of ether oxygens (including phenoxy) is 1. The summed E-state index contributed by atoms with van der Waals surface area (Å²) in [6.07, 6.45) is 9.16. The topological polar surface area (TPSA) is 79.5 Å². The lowest BCUT2D eigenvalue weighted by Crippen LogP contribution is -2.47. The van der Waals surface area contributed by atoms with Gasteiger partial charge in [-0.3, -0.25) is 0 Å². The highest BCUT2D eigenvalue weighted by Crippen LogP contribution is 2.07. The molecule has 0 fully saturated rings. The lowest BCUT2D eigenvalue weighted by Gasteiger charge is -2.08. The number of hydrazine groups is 1. The number of hydrogen-bond acceptors (Lipinski definition) is 3. The Morgan fingerprint density at radius 2 is 1.45 bits per heavy atom. The molecule has 6 nitrogen and oxygen atoms in total. The first-order chi connectivity index (χ1) is 9.70. The van der Waals surface area contributed by atoms with E-state index in [0.717, 1.165) is 12.8 Å². The molecule has 0 unspecified atom stereocenters. The average molecular weight is 287 g/mol. The molecule has 6 heteroatoms. The highest BCUT2D eigenvalue weighted by atomic mass is 16.6. The molecule has 0 rings (SSSR count). The van der Waals surface area contributed by atoms with E-state index in [9.17, 15) is 9.59 Å². The van der Waals surface area contributed by atoms with Gasteiger partial charge in [-0.2, -0.15) is 0 Å². The number of hydrogen-bond donors (Lipinski definition) is 3. The molecule has 0 radical (unpaired) electrons. The van der Waals surface area contributed by atoms with Gasteiger partial charge < -0.3 is 10.1 Å². The van der Waals surface area contributed by atoms with Crippen molar-refractivity contribution >= 4 is 12.1 Å². The molecular weight excluding hydrogens is 258 g/mol. The third kappa shape index (κ3) is 13.0. The average Bonchev–Trinajstić information content (AvgIpc) is 2.43. The van der Waals surface area contributed by atoms with Crippen molar-refractivity contribution in [3.05, 3.63) is 0 Å². The van der Waals surface area contributed by atoms with Crippen molar-refractivity contribution < 1.29 is 14.3 Å². The van der Waals surface area contributed by atoms with E-state index in [1.807, 2.05) is 0 Å². The van der Waals surface area contributed by atoms with Crippen LogP contribution in [0.1, 0.15) is 65.2 Å². The predicted octanol–water partition coefficient (Wildman–Crippen LogP) is 3.09. The number of urea groups is 1. The maximum atomic E-state index is 11.3. The van der Waals surface area contributed by atoms with Crippen molar-refractivity contribution in [3.8, 4) is 0 Å². The highest BCUT2D eigenvalue weighted by molar-refractivity contribution is 5.77. The van der Waals surface area contributed by atoms with Crippen LogP contribution in [0, 0.1) is 0 Å². The van der Waals surface area contributed by atoms with Crippen LogP contribution in [-0.4, -0.2) is 25.3 Å². The van der Waals surface area contributed by atoms with Gasteiger partial charge in [-0.1, -0.05) is 51.9 Å². The molecule has 0 saturated carbocycles. The maximum Gasteiger partial charge on any atom is 0.426 e. The molecule has 0 atom stereocenters. The van der Waals surface area contributed by atoms with E-state index in [2.05, 4.69) is 27.8 Å². The van der Waals surface area contributed by atoms with E-state index in [1.54, 1.807) is 6.92 Å². The third-order valence-corrected chi connectivity index (χ3v) is 2.87. The van der Waals surface area contributed by atoms with Gasteiger partial charge in [-0.15, -0.1) is 0 Å². The molecule has 0 aliphatic rings. The van der Waals surface area contributed by atoms with Gasteiger partial charge in [0.1, 0.15) is 0 Å². The number of carbonyl (C=O) groups excluding carboxylic acids is 2. The molecule has 0 aliphatic heterocycles. The summed E-state index contributed by atoms with van der Waals surface area (Å²) in [6.45, 7) is 4.80. The Labute approximate surface area is 122 Å². The fourth-order valence-corrected chi connectivity index (χ4v) is 1.78. The minimum absolute atomic E-state index is 0.271. The van der Waals surface area contributed by atoms with Crippen molar-refractivity contribution in [2.24, 2.45) is 0 Å². The molecule has 20 heavy (non-hydrogen) atoms. The maximum absolute atomic E-state index is 11.3. The van der Waals surface area contributed by atoms with Crippen LogP contribution in [0.5, 0.6) is 0 Å². The first-order valence-corrected chi connectivity index (χ1v) is 7.67. The van der Waals surface area contributed by atoms with Crippen LogP contribution >= 0.6 is 0 Å². The van der Waals surface area contributed by atoms with Crippen LogP contribution in [-0.2, 0) is 4.74 Å². The Bertz CT molecular complexity index is 260. The van der Waals surface area contributed by atoms with E-state index in [4.69, 9.17) is 0 Å². The van der Waals surface area contributed by atoms with Crippen LogP contribution in [0.3, 0.4) is 0 Å². The zero-order valence-corrected chi connectivity index (χ0v) is 12.8. The summed E-state index contributed by atoms with van der Waals surface area (Å²) < 4.78 is 4.60. The van der Waals surface area contributed by atoms with Crippen LogP contribution in [0.15, 0.2) is 0 Å². The standard InChI is InChI=1S/C14H29N3O3/c1-3-5-6-7-8-9-10-11-12-15-13(18)16-17-14(19)20-4-2/h3-12H2,1-2H3,(H,17,19)(H2,15,16,18). The largest absolute Gasteiger partial charge is 0.449 e. The van der Waals surface area contributed by atoms with Crippen molar-refractivity contribution in [3.63, 3.8) is 0 Å². The second kappa shape index (κ2) is 14.0. The van der Waals surface area contributed by atoms with E-state index < -0.39 is 12.1 Å². The molecule has 0 bridgehead atoms. The molecule has 0 aromatic carbocycles. The van der Waals surface area contributed by atoms with Gasteiger partial charge >= 0.3 is 12.1 Å². The molecule has 0 aromatic heterocycles. The summed E-state index contributed by atoms with van der Waals surface area (Å²) in [5.74, 6) is 0. The fraction of sp³-hybridized carbons (Fsp3) is 0.857. The molecular formula is C14H29N3O3. The zero-order chi connectivity index (χ0) is 15.1. The summed E-state index contributed by atoms with van der Waals surface area (Å²) in [4.78, 5) is 22.2. The normalized spacial score (nSPS) is 9.90. The number of unbranched alkanes of at least 4 members (excludes halogenated alkanes) is 7. The lowest BCUT2D eigenvalue weighted by molar-refractivity contribution is 0.147. The summed E-state index contributed by atoms with van der Waals surface area (Å²) >= 11 is 0. The van der Waals surface area contributed by atoms with E-state index in [-0.39, 0.29) is 6.61 Å². The van der Waals surface area contributed by atoms with Crippen LogP contribution in [0.2, 0.25) is 0 Å². The van der Waals surface area contributed by atoms with Crippen LogP contribution in [0.25, 0.3) is 0 Å². The molecule has 0 saturated heterocycles. The number of rotatable bonds is 10. The van der Waals surface area contributed by atoms with Gasteiger partial charge in [-0.05, 0) is 13.3 Å². The Hall–Kier alpha value is -1.46. The second-order valence-electron chi connectivity index (χ2n) is 4.70. The van der Waals surface area contributed by atoms with Gasteiger partial charge in [0.2, 0.25) is 0 Å². The van der Waals surface area contributed by atoms with Gasteiger partial charge in [-0.25, -0.2) is 20.4 Å². The zero-order valence-electron chi connectivity index (χ0n) is 12.8. The van der Waals surface area contributed by atoms with E-state index >= 15 is 0 Å². The molecule has 3 N–H and O–H groups in total. The van der Waals surface area contributed by atoms with Gasteiger partial charge in [0.25, 0.3) is 0 Å². The van der Waals surface area contributed by atoms with Crippen LogP contribution in [0.4, 0.5) is 9.59 Å². The van der Waals surface area contributed by atoms with Gasteiger partial charge in [0.15, 0.2) is 0 Å². The highest BCUT2D eigenvalue weighted by Gasteiger charge is 2.02. The quantitative estimate of drug-likeness (QED) is 0.427.